The van der Waals surface area contributed by atoms with Crippen molar-refractivity contribution in [2.75, 3.05) is 11.6 Å². The molecule has 0 bridgehead atoms. The lowest BCUT2D eigenvalue weighted by molar-refractivity contribution is -0.138. The minimum atomic E-state index is -4.34. The summed E-state index contributed by atoms with van der Waals surface area (Å²) < 4.78 is 39.1. The van der Waals surface area contributed by atoms with E-state index in [-0.39, 0.29) is 5.56 Å². The van der Waals surface area contributed by atoms with Gasteiger partial charge in [0.25, 0.3) is 0 Å². The van der Waals surface area contributed by atoms with Crippen LogP contribution in [0.25, 0.3) is 0 Å². The van der Waals surface area contributed by atoms with E-state index in [9.17, 15) is 13.2 Å². The minimum absolute atomic E-state index is 0.250. The van der Waals surface area contributed by atoms with Gasteiger partial charge in [-0.05, 0) is 43.0 Å². The molecule has 0 heterocycles. The molecule has 0 aliphatic heterocycles. The normalized spacial score (nSPS) is 13.0. The van der Waals surface area contributed by atoms with Gasteiger partial charge in [0.2, 0.25) is 0 Å². The quantitative estimate of drug-likeness (QED) is 0.738. The number of nitrogens with one attached hydrogen (secondary N) is 1. The summed E-state index contributed by atoms with van der Waals surface area (Å²) in [5.74, 6) is 0. The fourth-order valence-electron chi connectivity index (χ4n) is 2.17. The first-order valence-corrected chi connectivity index (χ1v) is 7.71. The molecule has 0 aliphatic carbocycles. The maximum Gasteiger partial charge on any atom is 0.416 e. The van der Waals surface area contributed by atoms with Gasteiger partial charge in [-0.3, -0.25) is 0 Å². The lowest BCUT2D eigenvalue weighted by Gasteiger charge is -2.20. The largest absolute Gasteiger partial charge is 0.416 e. The smallest absolute Gasteiger partial charge is 0.378 e. The molecule has 1 atom stereocenters. The van der Waals surface area contributed by atoms with Crippen LogP contribution in [0.2, 0.25) is 0 Å². The van der Waals surface area contributed by atoms with Gasteiger partial charge in [-0.2, -0.15) is 13.2 Å². The molecule has 0 fully saturated rings. The average Bonchev–Trinajstić information content (AvgIpc) is 2.46. The molecule has 0 spiro atoms. The highest BCUT2D eigenvalue weighted by atomic mass is 32.2. The Bertz CT molecular complexity index is 610. The summed E-state index contributed by atoms with van der Waals surface area (Å²) in [7, 11) is 0. The summed E-state index contributed by atoms with van der Waals surface area (Å²) in [5, 5.41) is 3.13. The molecule has 112 valence electrons. The molecule has 0 saturated carbocycles. The predicted molar refractivity (Wildman–Crippen MR) is 81.7 cm³/mol. The Morgan fingerprint density at radius 2 is 1.76 bits per heavy atom. The van der Waals surface area contributed by atoms with E-state index in [0.717, 1.165) is 16.6 Å². The second kappa shape index (κ2) is 6.43. The van der Waals surface area contributed by atoms with Crippen molar-refractivity contribution in [3.05, 3.63) is 59.7 Å². The van der Waals surface area contributed by atoms with E-state index < -0.39 is 17.8 Å². The molecule has 0 aromatic heterocycles. The van der Waals surface area contributed by atoms with Crippen LogP contribution in [0.15, 0.2) is 53.4 Å². The molecule has 0 aliphatic rings. The van der Waals surface area contributed by atoms with Gasteiger partial charge in [0.05, 0.1) is 5.56 Å². The van der Waals surface area contributed by atoms with Gasteiger partial charge in [-0.1, -0.05) is 24.3 Å². The van der Waals surface area contributed by atoms with E-state index in [0.29, 0.717) is 0 Å². The highest BCUT2D eigenvalue weighted by Crippen LogP contribution is 2.35. The fourth-order valence-corrected chi connectivity index (χ4v) is 2.63. The van der Waals surface area contributed by atoms with E-state index >= 15 is 0 Å². The van der Waals surface area contributed by atoms with Crippen molar-refractivity contribution in [3.63, 3.8) is 0 Å². The van der Waals surface area contributed by atoms with Crippen molar-refractivity contribution < 1.29 is 13.2 Å². The summed E-state index contributed by atoms with van der Waals surface area (Å²) in [6.07, 6.45) is -2.38. The first kappa shape index (κ1) is 15.8. The molecule has 0 saturated heterocycles. The molecule has 2 aromatic rings. The van der Waals surface area contributed by atoms with Crippen LogP contribution in [0.5, 0.6) is 0 Å². The number of thioether (sulfide) groups is 1. The molecular weight excluding hydrogens is 295 g/mol. The zero-order chi connectivity index (χ0) is 15.5. The van der Waals surface area contributed by atoms with Crippen LogP contribution in [0.1, 0.15) is 24.1 Å². The Balaban J connectivity index is 2.26. The number of hydrogen-bond acceptors (Lipinski definition) is 2. The van der Waals surface area contributed by atoms with E-state index in [4.69, 9.17) is 0 Å². The third-order valence-electron chi connectivity index (χ3n) is 3.19. The monoisotopic (exact) mass is 311 g/mol. The van der Waals surface area contributed by atoms with Crippen LogP contribution < -0.4 is 5.32 Å². The molecule has 1 nitrogen and oxygen atoms in total. The van der Waals surface area contributed by atoms with Gasteiger partial charge in [0, 0.05) is 16.6 Å². The summed E-state index contributed by atoms with van der Waals surface area (Å²) in [4.78, 5) is 1.07. The molecular formula is C16H16F3NS. The summed E-state index contributed by atoms with van der Waals surface area (Å²) in [6.45, 7) is 1.73. The first-order valence-electron chi connectivity index (χ1n) is 6.48. The number of halogens is 3. The maximum atomic E-state index is 13.0. The third kappa shape index (κ3) is 3.94. The van der Waals surface area contributed by atoms with Gasteiger partial charge in [0.1, 0.15) is 0 Å². The number of benzene rings is 2. The molecule has 0 radical (unpaired) electrons. The van der Waals surface area contributed by atoms with E-state index in [2.05, 4.69) is 5.32 Å². The van der Waals surface area contributed by atoms with Crippen LogP contribution in [-0.4, -0.2) is 6.26 Å². The lowest BCUT2D eigenvalue weighted by Crippen LogP contribution is -2.15. The zero-order valence-electron chi connectivity index (χ0n) is 11.7. The fraction of sp³-hybridized carbons (Fsp3) is 0.250. The summed E-state index contributed by atoms with van der Waals surface area (Å²) in [6, 6.07) is 12.9. The van der Waals surface area contributed by atoms with Crippen molar-refractivity contribution >= 4 is 17.4 Å². The Morgan fingerprint density at radius 3 is 2.43 bits per heavy atom. The Hall–Kier alpha value is -1.62. The third-order valence-corrected chi connectivity index (χ3v) is 3.91. The molecule has 1 N–H and O–H groups in total. The number of rotatable bonds is 4. The average molecular weight is 311 g/mol. The van der Waals surface area contributed by atoms with E-state index in [1.807, 2.05) is 30.5 Å². The highest BCUT2D eigenvalue weighted by Gasteiger charge is 2.34. The molecule has 2 rings (SSSR count). The van der Waals surface area contributed by atoms with Crippen LogP contribution in [0, 0.1) is 0 Å². The lowest BCUT2D eigenvalue weighted by atomic mass is 10.0. The molecule has 21 heavy (non-hydrogen) atoms. The second-order valence-electron chi connectivity index (χ2n) is 4.68. The Kier molecular flexibility index (Phi) is 4.83. The van der Waals surface area contributed by atoms with E-state index in [1.54, 1.807) is 24.8 Å². The number of hydrogen-bond donors (Lipinski definition) is 1. The predicted octanol–water partition coefficient (Wildman–Crippen LogP) is 5.60. The van der Waals surface area contributed by atoms with Crippen molar-refractivity contribution in [1.82, 2.24) is 0 Å². The standard InChI is InChI=1S/C16H16F3NS/c1-11(20-12-6-5-7-13(10-12)21-2)14-8-3-4-9-15(14)16(17,18)19/h3-11,20H,1-2H3. The zero-order valence-corrected chi connectivity index (χ0v) is 12.6. The minimum Gasteiger partial charge on any atom is -0.378 e. The van der Waals surface area contributed by atoms with Gasteiger partial charge < -0.3 is 5.32 Å². The van der Waals surface area contributed by atoms with Crippen LogP contribution in [0.4, 0.5) is 18.9 Å². The first-order chi connectivity index (χ1) is 9.91. The summed E-state index contributed by atoms with van der Waals surface area (Å²) in [5.41, 5.74) is 0.469. The Labute approximate surface area is 126 Å². The van der Waals surface area contributed by atoms with Crippen LogP contribution in [-0.2, 0) is 6.18 Å². The van der Waals surface area contributed by atoms with Gasteiger partial charge >= 0.3 is 6.18 Å². The van der Waals surface area contributed by atoms with Crippen molar-refractivity contribution in [2.24, 2.45) is 0 Å². The highest BCUT2D eigenvalue weighted by molar-refractivity contribution is 7.98. The van der Waals surface area contributed by atoms with Gasteiger partial charge in [-0.15, -0.1) is 11.8 Å². The summed E-state index contributed by atoms with van der Waals surface area (Å²) >= 11 is 1.59. The Morgan fingerprint density at radius 1 is 1.05 bits per heavy atom. The van der Waals surface area contributed by atoms with Crippen molar-refractivity contribution in [2.45, 2.75) is 24.0 Å². The van der Waals surface area contributed by atoms with E-state index in [1.165, 1.54) is 12.1 Å². The van der Waals surface area contributed by atoms with Gasteiger partial charge in [0.15, 0.2) is 0 Å². The van der Waals surface area contributed by atoms with Gasteiger partial charge in [-0.25, -0.2) is 0 Å². The molecule has 1 unspecified atom stereocenters. The van der Waals surface area contributed by atoms with Crippen LogP contribution >= 0.6 is 11.8 Å². The maximum absolute atomic E-state index is 13.0. The SMILES string of the molecule is CSc1cccc(NC(C)c2ccccc2C(F)(F)F)c1. The second-order valence-corrected chi connectivity index (χ2v) is 5.56. The molecule has 2 aromatic carbocycles. The number of alkyl halides is 3. The van der Waals surface area contributed by atoms with Crippen molar-refractivity contribution in [3.8, 4) is 0 Å². The topological polar surface area (TPSA) is 12.0 Å². The van der Waals surface area contributed by atoms with Crippen molar-refractivity contribution in [1.29, 1.82) is 0 Å². The molecule has 0 amide bonds. The molecule has 5 heteroatoms. The number of anilines is 1. The van der Waals surface area contributed by atoms with Crippen LogP contribution in [0.3, 0.4) is 0 Å².